The fraction of sp³-hybridized carbons (Fsp3) is 1.00. The summed E-state index contributed by atoms with van der Waals surface area (Å²) < 4.78 is 0. The van der Waals surface area contributed by atoms with Crippen LogP contribution >= 0.6 is 0 Å². The molecule has 0 aromatic heterocycles. The Labute approximate surface area is 80.0 Å². The molecule has 2 N–H and O–H groups in total. The van der Waals surface area contributed by atoms with E-state index >= 15 is 0 Å². The highest BCUT2D eigenvalue weighted by atomic mass is 16.3. The van der Waals surface area contributed by atoms with Gasteiger partial charge < -0.3 is 10.2 Å². The molecule has 0 amide bonds. The van der Waals surface area contributed by atoms with Crippen LogP contribution in [0.25, 0.3) is 0 Å². The Balaban J connectivity index is 2.05. The second-order valence-electron chi connectivity index (χ2n) is 4.70. The molecule has 0 aromatic rings. The average molecular weight is 184 g/mol. The standard InChI is InChI=1S/C11H20O2/c12-7-8-5-6-11(13)10-4-2-1-3-9(8)10/h8-13H,1-7H2/t8-,9?,10?,11?/m0/s1. The summed E-state index contributed by atoms with van der Waals surface area (Å²) in [4.78, 5) is 0. The van der Waals surface area contributed by atoms with E-state index in [1.807, 2.05) is 0 Å². The predicted octanol–water partition coefficient (Wildman–Crippen LogP) is 1.56. The maximum Gasteiger partial charge on any atom is 0.0571 e. The Bertz CT molecular complexity index is 169. The monoisotopic (exact) mass is 184 g/mol. The lowest BCUT2D eigenvalue weighted by molar-refractivity contribution is -0.0344. The zero-order valence-corrected chi connectivity index (χ0v) is 8.15. The Hall–Kier alpha value is -0.0800. The van der Waals surface area contributed by atoms with Gasteiger partial charge in [0, 0.05) is 6.61 Å². The lowest BCUT2D eigenvalue weighted by Gasteiger charge is -2.43. The molecule has 0 radical (unpaired) electrons. The van der Waals surface area contributed by atoms with Crippen molar-refractivity contribution in [2.45, 2.75) is 44.6 Å². The van der Waals surface area contributed by atoms with E-state index < -0.39 is 0 Å². The van der Waals surface area contributed by atoms with Gasteiger partial charge in [-0.1, -0.05) is 12.8 Å². The zero-order chi connectivity index (χ0) is 9.26. The highest BCUT2D eigenvalue weighted by Crippen LogP contribution is 2.43. The molecule has 2 nitrogen and oxygen atoms in total. The lowest BCUT2D eigenvalue weighted by atomic mass is 9.64. The summed E-state index contributed by atoms with van der Waals surface area (Å²) >= 11 is 0. The van der Waals surface area contributed by atoms with Crippen LogP contribution in [0.4, 0.5) is 0 Å². The van der Waals surface area contributed by atoms with Gasteiger partial charge in [0.1, 0.15) is 0 Å². The van der Waals surface area contributed by atoms with Crippen LogP contribution in [0.5, 0.6) is 0 Å². The summed E-state index contributed by atoms with van der Waals surface area (Å²) in [5, 5.41) is 19.1. The smallest absolute Gasteiger partial charge is 0.0571 e. The predicted molar refractivity (Wildman–Crippen MR) is 51.3 cm³/mol. The van der Waals surface area contributed by atoms with Gasteiger partial charge in [-0.25, -0.2) is 0 Å². The molecule has 0 aliphatic heterocycles. The third-order valence-corrected chi connectivity index (χ3v) is 4.04. The summed E-state index contributed by atoms with van der Waals surface area (Å²) in [7, 11) is 0. The summed E-state index contributed by atoms with van der Waals surface area (Å²) in [6.45, 7) is 0.327. The molecule has 2 saturated carbocycles. The van der Waals surface area contributed by atoms with Crippen molar-refractivity contribution in [2.24, 2.45) is 17.8 Å². The summed E-state index contributed by atoms with van der Waals surface area (Å²) in [6, 6.07) is 0. The first-order chi connectivity index (χ1) is 6.33. The van der Waals surface area contributed by atoms with E-state index in [-0.39, 0.29) is 6.10 Å². The molecule has 0 heterocycles. The van der Waals surface area contributed by atoms with Crippen LogP contribution in [0.2, 0.25) is 0 Å². The molecule has 4 atom stereocenters. The van der Waals surface area contributed by atoms with Gasteiger partial charge in [0.25, 0.3) is 0 Å². The van der Waals surface area contributed by atoms with E-state index in [1.165, 1.54) is 25.7 Å². The average Bonchev–Trinajstić information content (AvgIpc) is 2.19. The molecule has 13 heavy (non-hydrogen) atoms. The topological polar surface area (TPSA) is 40.5 Å². The molecule has 2 heteroatoms. The van der Waals surface area contributed by atoms with Gasteiger partial charge in [-0.3, -0.25) is 0 Å². The van der Waals surface area contributed by atoms with Crippen molar-refractivity contribution in [3.63, 3.8) is 0 Å². The molecule has 3 unspecified atom stereocenters. The van der Waals surface area contributed by atoms with Crippen molar-refractivity contribution in [3.8, 4) is 0 Å². The molecule has 2 aliphatic carbocycles. The molecule has 2 rings (SSSR count). The molecule has 2 aliphatic rings. The fourth-order valence-electron chi connectivity index (χ4n) is 3.29. The van der Waals surface area contributed by atoms with E-state index in [0.717, 1.165) is 12.8 Å². The fourth-order valence-corrected chi connectivity index (χ4v) is 3.29. The number of rotatable bonds is 1. The molecular formula is C11H20O2. The number of fused-ring (bicyclic) bond motifs is 1. The van der Waals surface area contributed by atoms with Crippen molar-refractivity contribution >= 4 is 0 Å². The molecule has 0 aromatic carbocycles. The van der Waals surface area contributed by atoms with Crippen LogP contribution < -0.4 is 0 Å². The number of aliphatic hydroxyl groups excluding tert-OH is 2. The zero-order valence-electron chi connectivity index (χ0n) is 8.15. The Morgan fingerprint density at radius 3 is 2.31 bits per heavy atom. The second kappa shape index (κ2) is 3.97. The summed E-state index contributed by atoms with van der Waals surface area (Å²) in [5.74, 6) is 1.59. The van der Waals surface area contributed by atoms with Crippen molar-refractivity contribution in [2.75, 3.05) is 6.61 Å². The maximum atomic E-state index is 9.84. The Morgan fingerprint density at radius 2 is 1.62 bits per heavy atom. The van der Waals surface area contributed by atoms with Crippen molar-refractivity contribution in [3.05, 3.63) is 0 Å². The van der Waals surface area contributed by atoms with E-state index in [9.17, 15) is 10.2 Å². The van der Waals surface area contributed by atoms with Crippen LogP contribution in [-0.2, 0) is 0 Å². The van der Waals surface area contributed by atoms with E-state index in [4.69, 9.17) is 0 Å². The Morgan fingerprint density at radius 1 is 0.923 bits per heavy atom. The minimum Gasteiger partial charge on any atom is -0.396 e. The number of hydrogen-bond acceptors (Lipinski definition) is 2. The first-order valence-electron chi connectivity index (χ1n) is 5.62. The van der Waals surface area contributed by atoms with Gasteiger partial charge in [-0.2, -0.15) is 0 Å². The van der Waals surface area contributed by atoms with Gasteiger partial charge in [0.05, 0.1) is 6.10 Å². The molecule has 2 fully saturated rings. The molecule has 0 spiro atoms. The minimum absolute atomic E-state index is 0.0758. The largest absolute Gasteiger partial charge is 0.396 e. The van der Waals surface area contributed by atoms with Gasteiger partial charge >= 0.3 is 0 Å². The second-order valence-corrected chi connectivity index (χ2v) is 4.70. The molecule has 0 bridgehead atoms. The first kappa shape index (κ1) is 9.47. The van der Waals surface area contributed by atoms with Crippen molar-refractivity contribution < 1.29 is 10.2 Å². The van der Waals surface area contributed by atoms with Gasteiger partial charge in [0.2, 0.25) is 0 Å². The normalized spacial score (nSPS) is 45.7. The van der Waals surface area contributed by atoms with Crippen molar-refractivity contribution in [1.29, 1.82) is 0 Å². The van der Waals surface area contributed by atoms with Gasteiger partial charge in [-0.05, 0) is 43.4 Å². The van der Waals surface area contributed by atoms with Crippen LogP contribution in [0.15, 0.2) is 0 Å². The van der Waals surface area contributed by atoms with Crippen LogP contribution in [0.3, 0.4) is 0 Å². The highest BCUT2D eigenvalue weighted by molar-refractivity contribution is 4.89. The minimum atomic E-state index is -0.0758. The van der Waals surface area contributed by atoms with Gasteiger partial charge in [-0.15, -0.1) is 0 Å². The van der Waals surface area contributed by atoms with Crippen LogP contribution in [-0.4, -0.2) is 22.9 Å². The number of hydrogen-bond donors (Lipinski definition) is 2. The third kappa shape index (κ3) is 1.75. The summed E-state index contributed by atoms with van der Waals surface area (Å²) in [6.07, 6.45) is 6.84. The Kier molecular flexibility index (Phi) is 2.89. The first-order valence-corrected chi connectivity index (χ1v) is 5.62. The van der Waals surface area contributed by atoms with E-state index in [1.54, 1.807) is 0 Å². The maximum absolute atomic E-state index is 9.84. The SMILES string of the molecule is OC[C@@H]1CCC(O)C2CCCCC21. The highest BCUT2D eigenvalue weighted by Gasteiger charge is 2.39. The van der Waals surface area contributed by atoms with E-state index in [2.05, 4.69) is 0 Å². The van der Waals surface area contributed by atoms with Crippen molar-refractivity contribution in [1.82, 2.24) is 0 Å². The third-order valence-electron chi connectivity index (χ3n) is 4.04. The molecule has 0 saturated heterocycles. The lowest BCUT2D eigenvalue weighted by Crippen LogP contribution is -2.41. The van der Waals surface area contributed by atoms with Gasteiger partial charge in [0.15, 0.2) is 0 Å². The van der Waals surface area contributed by atoms with Crippen LogP contribution in [0.1, 0.15) is 38.5 Å². The molecule has 76 valence electrons. The van der Waals surface area contributed by atoms with E-state index in [0.29, 0.717) is 24.4 Å². The van der Waals surface area contributed by atoms with Crippen LogP contribution in [0, 0.1) is 17.8 Å². The quantitative estimate of drug-likeness (QED) is 0.649. The summed E-state index contributed by atoms with van der Waals surface area (Å²) in [5.41, 5.74) is 0. The number of aliphatic hydroxyl groups is 2. The molecular weight excluding hydrogens is 164 g/mol.